The molecule has 1 aliphatic heterocycles. The lowest BCUT2D eigenvalue weighted by atomic mass is 10.1. The Labute approximate surface area is 73.1 Å². The van der Waals surface area contributed by atoms with E-state index in [0.717, 1.165) is 6.42 Å². The molecule has 12 heavy (non-hydrogen) atoms. The van der Waals surface area contributed by atoms with Crippen LogP contribution >= 0.6 is 0 Å². The van der Waals surface area contributed by atoms with Crippen molar-refractivity contribution in [3.05, 3.63) is 36.1 Å². The fourth-order valence-corrected chi connectivity index (χ4v) is 1.41. The lowest BCUT2D eigenvalue weighted by Gasteiger charge is -2.16. The van der Waals surface area contributed by atoms with Crippen LogP contribution in [0.2, 0.25) is 0 Å². The maximum Gasteiger partial charge on any atom is 0.115 e. The van der Waals surface area contributed by atoms with Crippen molar-refractivity contribution < 1.29 is 0 Å². The van der Waals surface area contributed by atoms with E-state index in [1.54, 1.807) is 0 Å². The minimum atomic E-state index is 0.287. The lowest BCUT2D eigenvalue weighted by molar-refractivity contribution is 0.460. The van der Waals surface area contributed by atoms with Crippen LogP contribution in [0, 0.1) is 11.8 Å². The summed E-state index contributed by atoms with van der Waals surface area (Å²) in [5.41, 5.74) is 1.29. The Morgan fingerprint density at radius 2 is 2.50 bits per heavy atom. The highest BCUT2D eigenvalue weighted by molar-refractivity contribution is 5.41. The molecule has 1 heterocycles. The second-order valence-corrected chi connectivity index (χ2v) is 3.00. The number of fused-ring (bicyclic) bond motifs is 1. The molecule has 1 heteroatoms. The Kier molecular flexibility index (Phi) is 1.75. The fourth-order valence-electron chi connectivity index (χ4n) is 1.41. The summed E-state index contributed by atoms with van der Waals surface area (Å²) < 4.78 is 0. The van der Waals surface area contributed by atoms with Crippen LogP contribution in [0.5, 0.6) is 0 Å². The van der Waals surface area contributed by atoms with Crippen molar-refractivity contribution in [2.45, 2.75) is 12.5 Å². The molecule has 0 aromatic rings. The third-order valence-electron chi connectivity index (χ3n) is 2.11. The summed E-state index contributed by atoms with van der Waals surface area (Å²) in [4.78, 5) is 2.14. The summed E-state index contributed by atoms with van der Waals surface area (Å²) >= 11 is 0. The van der Waals surface area contributed by atoms with Gasteiger partial charge in [0.05, 0.1) is 0 Å². The topological polar surface area (TPSA) is 3.24 Å². The Balaban J connectivity index is 2.36. The molecule has 0 saturated carbocycles. The van der Waals surface area contributed by atoms with Gasteiger partial charge in [-0.15, -0.1) is 0 Å². The maximum atomic E-state index is 3.23. The van der Waals surface area contributed by atoms with E-state index in [-0.39, 0.29) is 6.04 Å². The number of allylic oxidation sites excluding steroid dienone is 3. The van der Waals surface area contributed by atoms with E-state index in [4.69, 9.17) is 0 Å². The van der Waals surface area contributed by atoms with Gasteiger partial charge in [-0.1, -0.05) is 30.1 Å². The number of rotatable bonds is 0. The zero-order chi connectivity index (χ0) is 8.39. The minimum Gasteiger partial charge on any atom is -0.363 e. The third-order valence-corrected chi connectivity index (χ3v) is 2.11. The molecule has 1 atom stereocenters. The van der Waals surface area contributed by atoms with Gasteiger partial charge in [0.25, 0.3) is 0 Å². The SMILES string of the molecule is CN1C=C/C2=C/C=C\CC#CC21. The molecule has 0 N–H and O–H groups in total. The van der Waals surface area contributed by atoms with Crippen molar-refractivity contribution in [2.24, 2.45) is 0 Å². The maximum absolute atomic E-state index is 3.23. The van der Waals surface area contributed by atoms with Crippen LogP contribution in [0.4, 0.5) is 0 Å². The summed E-state index contributed by atoms with van der Waals surface area (Å²) in [6, 6.07) is 0.287. The molecule has 0 amide bonds. The molecule has 0 aromatic carbocycles. The fraction of sp³-hybridized carbons (Fsp3) is 0.273. The number of nitrogens with zero attached hydrogens (tertiary/aromatic N) is 1. The number of likely N-dealkylation sites (N-methyl/N-ethyl adjacent to an activating group) is 1. The van der Waals surface area contributed by atoms with Crippen molar-refractivity contribution >= 4 is 0 Å². The van der Waals surface area contributed by atoms with Gasteiger partial charge < -0.3 is 4.90 Å². The Bertz CT molecular complexity index is 323. The average Bonchev–Trinajstić information content (AvgIpc) is 2.31. The molecular formula is C11H11N. The van der Waals surface area contributed by atoms with Gasteiger partial charge >= 0.3 is 0 Å². The van der Waals surface area contributed by atoms with Crippen LogP contribution in [0.3, 0.4) is 0 Å². The van der Waals surface area contributed by atoms with Gasteiger partial charge in [0, 0.05) is 19.7 Å². The molecular weight excluding hydrogens is 146 g/mol. The zero-order valence-electron chi connectivity index (χ0n) is 7.12. The molecule has 0 spiro atoms. The van der Waals surface area contributed by atoms with Gasteiger partial charge in [0.1, 0.15) is 6.04 Å². The summed E-state index contributed by atoms with van der Waals surface area (Å²) in [5.74, 6) is 6.36. The van der Waals surface area contributed by atoms with Crippen LogP contribution in [0.1, 0.15) is 6.42 Å². The van der Waals surface area contributed by atoms with Crippen molar-refractivity contribution in [3.63, 3.8) is 0 Å². The lowest BCUT2D eigenvalue weighted by Crippen LogP contribution is -2.22. The largest absolute Gasteiger partial charge is 0.363 e. The minimum absolute atomic E-state index is 0.287. The molecule has 2 rings (SSSR count). The molecule has 2 aliphatic rings. The van der Waals surface area contributed by atoms with Crippen LogP contribution < -0.4 is 0 Å². The van der Waals surface area contributed by atoms with Crippen molar-refractivity contribution in [2.75, 3.05) is 7.05 Å². The number of hydrogen-bond donors (Lipinski definition) is 0. The molecule has 1 aliphatic carbocycles. The molecule has 1 nitrogen and oxygen atoms in total. The van der Waals surface area contributed by atoms with Crippen molar-refractivity contribution in [1.29, 1.82) is 0 Å². The highest BCUT2D eigenvalue weighted by Crippen LogP contribution is 2.18. The van der Waals surface area contributed by atoms with E-state index < -0.39 is 0 Å². The van der Waals surface area contributed by atoms with Gasteiger partial charge in [0.15, 0.2) is 0 Å². The van der Waals surface area contributed by atoms with E-state index in [9.17, 15) is 0 Å². The smallest absolute Gasteiger partial charge is 0.115 e. The van der Waals surface area contributed by atoms with Gasteiger partial charge in [0.2, 0.25) is 0 Å². The van der Waals surface area contributed by atoms with E-state index in [1.807, 2.05) is 0 Å². The summed E-state index contributed by atoms with van der Waals surface area (Å²) in [5, 5.41) is 0. The summed E-state index contributed by atoms with van der Waals surface area (Å²) in [6.07, 6.45) is 11.4. The molecule has 0 saturated heterocycles. The number of hydrogen-bond acceptors (Lipinski definition) is 1. The highest BCUT2D eigenvalue weighted by Gasteiger charge is 2.17. The Morgan fingerprint density at radius 1 is 1.58 bits per heavy atom. The van der Waals surface area contributed by atoms with Crippen molar-refractivity contribution in [1.82, 2.24) is 4.90 Å². The van der Waals surface area contributed by atoms with E-state index >= 15 is 0 Å². The highest BCUT2D eigenvalue weighted by atomic mass is 15.1. The predicted molar refractivity (Wildman–Crippen MR) is 50.3 cm³/mol. The third kappa shape index (κ3) is 1.16. The van der Waals surface area contributed by atoms with Crippen LogP contribution in [-0.4, -0.2) is 18.0 Å². The zero-order valence-corrected chi connectivity index (χ0v) is 7.12. The molecule has 0 fully saturated rings. The van der Waals surface area contributed by atoms with Gasteiger partial charge in [-0.3, -0.25) is 0 Å². The standard InChI is InChI=1S/C11H11N/c1-12-9-8-10-6-4-2-3-5-7-11(10)12/h2,4,6,8-9,11H,3H2,1H3/b4-2-,10-6-. The normalized spacial score (nSPS) is 32.2. The van der Waals surface area contributed by atoms with E-state index in [1.165, 1.54) is 5.57 Å². The van der Waals surface area contributed by atoms with Crippen LogP contribution in [-0.2, 0) is 0 Å². The van der Waals surface area contributed by atoms with E-state index in [2.05, 4.69) is 54.3 Å². The predicted octanol–water partition coefficient (Wildman–Crippen LogP) is 1.70. The monoisotopic (exact) mass is 157 g/mol. The van der Waals surface area contributed by atoms with Gasteiger partial charge in [-0.05, 0) is 11.6 Å². The second kappa shape index (κ2) is 2.91. The van der Waals surface area contributed by atoms with Gasteiger partial charge in [-0.2, -0.15) is 0 Å². The first-order valence-corrected chi connectivity index (χ1v) is 4.13. The summed E-state index contributed by atoms with van der Waals surface area (Å²) in [6.45, 7) is 0. The first-order valence-electron chi connectivity index (χ1n) is 4.13. The first-order chi connectivity index (χ1) is 5.88. The Hall–Kier alpha value is -1.42. The first kappa shape index (κ1) is 7.24. The van der Waals surface area contributed by atoms with Gasteiger partial charge in [-0.25, -0.2) is 0 Å². The molecule has 0 bridgehead atoms. The molecule has 0 radical (unpaired) electrons. The summed E-state index contributed by atoms with van der Waals surface area (Å²) in [7, 11) is 2.06. The van der Waals surface area contributed by atoms with Crippen molar-refractivity contribution in [3.8, 4) is 11.8 Å². The molecule has 0 aromatic heterocycles. The van der Waals surface area contributed by atoms with E-state index in [0.29, 0.717) is 0 Å². The quantitative estimate of drug-likeness (QED) is 0.484. The Morgan fingerprint density at radius 3 is 3.42 bits per heavy atom. The molecule has 1 unspecified atom stereocenters. The van der Waals surface area contributed by atoms with Crippen LogP contribution in [0.25, 0.3) is 0 Å². The van der Waals surface area contributed by atoms with Crippen LogP contribution in [0.15, 0.2) is 36.1 Å². The average molecular weight is 157 g/mol. The molecule has 60 valence electrons. The second-order valence-electron chi connectivity index (χ2n) is 3.00.